The first-order valence-corrected chi connectivity index (χ1v) is 7.49. The van der Waals surface area contributed by atoms with Crippen molar-refractivity contribution in [3.05, 3.63) is 77.2 Å². The SMILES string of the molecule is Nc1ccc(Cl)c(C(=O)Nc2ccnc(-c3ccc(F)cc3)c2)c1. The maximum atomic E-state index is 13.0. The Kier molecular flexibility index (Phi) is 4.44. The number of nitrogens with two attached hydrogens (primary N) is 1. The summed E-state index contributed by atoms with van der Waals surface area (Å²) in [7, 11) is 0. The molecule has 3 aromatic rings. The Morgan fingerprint density at radius 2 is 1.83 bits per heavy atom. The summed E-state index contributed by atoms with van der Waals surface area (Å²) in [5.41, 5.74) is 8.34. The van der Waals surface area contributed by atoms with Crippen LogP contribution in [-0.4, -0.2) is 10.9 Å². The fourth-order valence-corrected chi connectivity index (χ4v) is 2.41. The number of rotatable bonds is 3. The largest absolute Gasteiger partial charge is 0.399 e. The van der Waals surface area contributed by atoms with Crippen molar-refractivity contribution in [2.24, 2.45) is 0 Å². The van der Waals surface area contributed by atoms with Crippen molar-refractivity contribution in [1.29, 1.82) is 0 Å². The molecule has 1 heterocycles. The molecule has 0 aliphatic rings. The number of hydrogen-bond donors (Lipinski definition) is 2. The third-order valence-corrected chi connectivity index (χ3v) is 3.72. The number of benzene rings is 2. The lowest BCUT2D eigenvalue weighted by Gasteiger charge is -2.09. The fraction of sp³-hybridized carbons (Fsp3) is 0. The van der Waals surface area contributed by atoms with E-state index in [1.54, 1.807) is 42.6 Å². The number of carbonyl (C=O) groups excluding carboxylic acids is 1. The lowest BCUT2D eigenvalue weighted by Crippen LogP contribution is -2.13. The van der Waals surface area contributed by atoms with E-state index in [1.807, 2.05) is 0 Å². The van der Waals surface area contributed by atoms with E-state index < -0.39 is 0 Å². The predicted octanol–water partition coefficient (Wildman–Crippen LogP) is 4.38. The molecule has 0 spiro atoms. The minimum atomic E-state index is -0.372. The molecule has 2 aromatic carbocycles. The van der Waals surface area contributed by atoms with Crippen molar-refractivity contribution in [3.63, 3.8) is 0 Å². The van der Waals surface area contributed by atoms with Gasteiger partial charge >= 0.3 is 0 Å². The van der Waals surface area contributed by atoms with Gasteiger partial charge in [0.2, 0.25) is 0 Å². The van der Waals surface area contributed by atoms with Crippen LogP contribution in [-0.2, 0) is 0 Å². The second-order valence-electron chi connectivity index (χ2n) is 5.13. The lowest BCUT2D eigenvalue weighted by atomic mass is 10.1. The molecule has 120 valence electrons. The quantitative estimate of drug-likeness (QED) is 0.695. The van der Waals surface area contributed by atoms with Crippen molar-refractivity contribution >= 4 is 28.9 Å². The Hall–Kier alpha value is -2.92. The van der Waals surface area contributed by atoms with Crippen LogP contribution in [0.3, 0.4) is 0 Å². The summed E-state index contributed by atoms with van der Waals surface area (Å²) in [6.45, 7) is 0. The first-order valence-electron chi connectivity index (χ1n) is 7.11. The van der Waals surface area contributed by atoms with Gasteiger partial charge in [0.05, 0.1) is 16.3 Å². The number of nitrogen functional groups attached to an aromatic ring is 1. The Morgan fingerprint density at radius 1 is 1.08 bits per heavy atom. The number of anilines is 2. The van der Waals surface area contributed by atoms with E-state index in [-0.39, 0.29) is 17.3 Å². The highest BCUT2D eigenvalue weighted by atomic mass is 35.5. The van der Waals surface area contributed by atoms with E-state index in [1.165, 1.54) is 18.2 Å². The highest BCUT2D eigenvalue weighted by molar-refractivity contribution is 6.34. The summed E-state index contributed by atoms with van der Waals surface area (Å²) >= 11 is 6.04. The molecule has 0 aliphatic carbocycles. The Labute approximate surface area is 143 Å². The minimum absolute atomic E-state index is 0.289. The van der Waals surface area contributed by atoms with Gasteiger partial charge < -0.3 is 11.1 Å². The van der Waals surface area contributed by atoms with Gasteiger partial charge in [-0.05, 0) is 54.6 Å². The molecule has 0 saturated carbocycles. The maximum Gasteiger partial charge on any atom is 0.257 e. The zero-order chi connectivity index (χ0) is 17.1. The van der Waals surface area contributed by atoms with Gasteiger partial charge in [-0.2, -0.15) is 0 Å². The molecule has 0 saturated heterocycles. The number of aromatic nitrogens is 1. The third kappa shape index (κ3) is 3.52. The summed E-state index contributed by atoms with van der Waals surface area (Å²) in [5, 5.41) is 3.07. The smallest absolute Gasteiger partial charge is 0.257 e. The molecule has 3 N–H and O–H groups in total. The second kappa shape index (κ2) is 6.68. The normalized spacial score (nSPS) is 10.4. The van der Waals surface area contributed by atoms with Crippen LogP contribution in [0.2, 0.25) is 5.02 Å². The standard InChI is InChI=1S/C18H13ClFN3O/c19-16-6-5-13(21)9-15(16)18(24)23-14-7-8-22-17(10-14)11-1-3-12(20)4-2-11/h1-10H,21H2,(H,22,23,24). The summed E-state index contributed by atoms with van der Waals surface area (Å²) < 4.78 is 13.0. The van der Waals surface area contributed by atoms with Gasteiger partial charge in [-0.1, -0.05) is 11.6 Å². The Bertz CT molecular complexity index is 897. The van der Waals surface area contributed by atoms with Crippen LogP contribution in [0.1, 0.15) is 10.4 Å². The number of nitrogens with zero attached hydrogens (tertiary/aromatic N) is 1. The molecule has 0 radical (unpaired) electrons. The summed E-state index contributed by atoms with van der Waals surface area (Å²) in [6, 6.07) is 14.0. The van der Waals surface area contributed by atoms with Crippen molar-refractivity contribution in [2.45, 2.75) is 0 Å². The number of amides is 1. The number of nitrogens with one attached hydrogen (secondary N) is 1. The molecule has 1 amide bonds. The van der Waals surface area contributed by atoms with E-state index in [0.717, 1.165) is 5.56 Å². The van der Waals surface area contributed by atoms with Gasteiger partial charge in [0, 0.05) is 23.1 Å². The van der Waals surface area contributed by atoms with Crippen LogP contribution >= 0.6 is 11.6 Å². The van der Waals surface area contributed by atoms with Gasteiger partial charge in [0.25, 0.3) is 5.91 Å². The van der Waals surface area contributed by atoms with E-state index >= 15 is 0 Å². The molecule has 0 aliphatic heterocycles. The van der Waals surface area contributed by atoms with Crippen LogP contribution in [0.4, 0.5) is 15.8 Å². The van der Waals surface area contributed by atoms with E-state index in [0.29, 0.717) is 22.1 Å². The second-order valence-corrected chi connectivity index (χ2v) is 5.54. The molecule has 24 heavy (non-hydrogen) atoms. The highest BCUT2D eigenvalue weighted by Crippen LogP contribution is 2.23. The Morgan fingerprint density at radius 3 is 2.58 bits per heavy atom. The summed E-state index contributed by atoms with van der Waals surface area (Å²) in [4.78, 5) is 16.6. The molecule has 1 aromatic heterocycles. The van der Waals surface area contributed by atoms with Crippen molar-refractivity contribution in [1.82, 2.24) is 4.98 Å². The number of carbonyl (C=O) groups is 1. The predicted molar refractivity (Wildman–Crippen MR) is 93.4 cm³/mol. The summed E-state index contributed by atoms with van der Waals surface area (Å²) in [5.74, 6) is -0.692. The number of halogens is 2. The van der Waals surface area contributed by atoms with E-state index in [2.05, 4.69) is 10.3 Å². The topological polar surface area (TPSA) is 68.0 Å². The van der Waals surface area contributed by atoms with E-state index in [4.69, 9.17) is 17.3 Å². The van der Waals surface area contributed by atoms with Crippen molar-refractivity contribution in [3.8, 4) is 11.3 Å². The zero-order valence-electron chi connectivity index (χ0n) is 12.5. The fourth-order valence-electron chi connectivity index (χ4n) is 2.20. The monoisotopic (exact) mass is 341 g/mol. The highest BCUT2D eigenvalue weighted by Gasteiger charge is 2.12. The van der Waals surface area contributed by atoms with Crippen LogP contribution in [0.5, 0.6) is 0 Å². The minimum Gasteiger partial charge on any atom is -0.399 e. The average molecular weight is 342 g/mol. The molecular formula is C18H13ClFN3O. The molecule has 0 unspecified atom stereocenters. The zero-order valence-corrected chi connectivity index (χ0v) is 13.2. The first-order chi connectivity index (χ1) is 11.5. The average Bonchev–Trinajstić information content (AvgIpc) is 2.58. The Balaban J connectivity index is 1.85. The lowest BCUT2D eigenvalue weighted by molar-refractivity contribution is 0.102. The molecule has 0 fully saturated rings. The van der Waals surface area contributed by atoms with Gasteiger partial charge in [-0.25, -0.2) is 4.39 Å². The van der Waals surface area contributed by atoms with Gasteiger partial charge in [0.15, 0.2) is 0 Å². The molecule has 3 rings (SSSR count). The van der Waals surface area contributed by atoms with E-state index in [9.17, 15) is 9.18 Å². The molecular weight excluding hydrogens is 329 g/mol. The van der Waals surface area contributed by atoms with Crippen molar-refractivity contribution in [2.75, 3.05) is 11.1 Å². The van der Waals surface area contributed by atoms with Crippen LogP contribution in [0, 0.1) is 5.82 Å². The first kappa shape index (κ1) is 16.0. The van der Waals surface area contributed by atoms with Crippen LogP contribution in [0.15, 0.2) is 60.8 Å². The molecule has 0 atom stereocenters. The van der Waals surface area contributed by atoms with Crippen LogP contribution in [0.25, 0.3) is 11.3 Å². The van der Waals surface area contributed by atoms with Gasteiger partial charge in [-0.3, -0.25) is 9.78 Å². The van der Waals surface area contributed by atoms with Gasteiger partial charge in [0.1, 0.15) is 5.82 Å². The maximum absolute atomic E-state index is 13.0. The summed E-state index contributed by atoms with van der Waals surface area (Å²) in [6.07, 6.45) is 1.56. The number of pyridine rings is 1. The van der Waals surface area contributed by atoms with Crippen molar-refractivity contribution < 1.29 is 9.18 Å². The van der Waals surface area contributed by atoms with Gasteiger partial charge in [-0.15, -0.1) is 0 Å². The van der Waals surface area contributed by atoms with Crippen LogP contribution < -0.4 is 11.1 Å². The molecule has 6 heteroatoms. The molecule has 4 nitrogen and oxygen atoms in total. The third-order valence-electron chi connectivity index (χ3n) is 3.39. The number of hydrogen-bond acceptors (Lipinski definition) is 3. The molecule has 0 bridgehead atoms.